The van der Waals surface area contributed by atoms with Crippen LogP contribution in [0.3, 0.4) is 0 Å². The molecule has 1 rings (SSSR count). The molecule has 0 unspecified atom stereocenters. The lowest BCUT2D eigenvalue weighted by molar-refractivity contribution is 0.441. The first-order valence-corrected chi connectivity index (χ1v) is 5.01. The van der Waals surface area contributed by atoms with Gasteiger partial charge in [0.05, 0.1) is 18.1 Å². The Hall–Kier alpha value is -2.03. The second-order valence-corrected chi connectivity index (χ2v) is 3.34. The van der Waals surface area contributed by atoms with Crippen LogP contribution < -0.4 is 10.5 Å². The second-order valence-electron chi connectivity index (χ2n) is 3.34. The highest BCUT2D eigenvalue weighted by Crippen LogP contribution is 2.16. The van der Waals surface area contributed by atoms with E-state index in [1.165, 1.54) is 0 Å². The van der Waals surface area contributed by atoms with E-state index in [0.29, 0.717) is 11.4 Å². The summed E-state index contributed by atoms with van der Waals surface area (Å²) in [6, 6.07) is 1.73. The summed E-state index contributed by atoms with van der Waals surface area (Å²) in [5, 5.41) is 0. The van der Waals surface area contributed by atoms with Crippen LogP contribution in [0.5, 0.6) is 5.75 Å². The number of anilines is 1. The molecule has 0 amide bonds. The molecule has 0 spiro atoms. The average Bonchev–Trinajstić information content (AvgIpc) is 2.28. The van der Waals surface area contributed by atoms with E-state index in [1.807, 2.05) is 26.0 Å². The molecule has 0 atom stereocenters. The zero-order valence-corrected chi connectivity index (χ0v) is 9.60. The van der Waals surface area contributed by atoms with Gasteiger partial charge in [-0.3, -0.25) is 4.98 Å². The third-order valence-electron chi connectivity index (χ3n) is 1.95. The summed E-state index contributed by atoms with van der Waals surface area (Å²) in [5.41, 5.74) is 7.22. The number of nitrogens with two attached hydrogens (primary N) is 1. The first-order valence-electron chi connectivity index (χ1n) is 5.01. The third-order valence-corrected chi connectivity index (χ3v) is 1.95. The molecule has 1 aromatic rings. The smallest absolute Gasteiger partial charge is 0.147 e. The molecule has 1 aromatic heterocycles. The molecule has 0 saturated carbocycles. The Morgan fingerprint density at radius 1 is 1.50 bits per heavy atom. The van der Waals surface area contributed by atoms with Gasteiger partial charge >= 0.3 is 0 Å². The standard InChI is InChI=1S/C13H16N2O/c1-4-10(3)6-12(5-2)16-13-7-11(14)8-15-9-13/h4-9H,1,14H2,2-3H3/b10-6-,12-5+. The topological polar surface area (TPSA) is 48.1 Å². The van der Waals surface area contributed by atoms with Crippen LogP contribution in [0.1, 0.15) is 13.8 Å². The molecular weight excluding hydrogens is 200 g/mol. The van der Waals surface area contributed by atoms with Crippen molar-refractivity contribution in [3.63, 3.8) is 0 Å². The van der Waals surface area contributed by atoms with Crippen molar-refractivity contribution in [3.05, 3.63) is 54.6 Å². The van der Waals surface area contributed by atoms with Crippen LogP contribution in [0.4, 0.5) is 5.69 Å². The molecule has 0 bridgehead atoms. The number of nitrogen functional groups attached to an aromatic ring is 1. The number of pyridine rings is 1. The van der Waals surface area contributed by atoms with Crippen LogP contribution in [0.15, 0.2) is 54.6 Å². The van der Waals surface area contributed by atoms with E-state index in [0.717, 1.165) is 11.3 Å². The second kappa shape index (κ2) is 5.75. The fourth-order valence-corrected chi connectivity index (χ4v) is 1.08. The quantitative estimate of drug-likeness (QED) is 0.621. The summed E-state index contributed by atoms with van der Waals surface area (Å²) < 4.78 is 5.61. The molecule has 2 N–H and O–H groups in total. The minimum absolute atomic E-state index is 0.581. The highest BCUT2D eigenvalue weighted by atomic mass is 16.5. The van der Waals surface area contributed by atoms with Crippen molar-refractivity contribution >= 4 is 5.69 Å². The van der Waals surface area contributed by atoms with Crippen LogP contribution in [0.2, 0.25) is 0 Å². The minimum atomic E-state index is 0.581. The van der Waals surface area contributed by atoms with Gasteiger partial charge in [-0.15, -0.1) is 0 Å². The molecule has 0 aromatic carbocycles. The van der Waals surface area contributed by atoms with E-state index in [9.17, 15) is 0 Å². The maximum atomic E-state index is 5.61. The number of ether oxygens (including phenoxy) is 1. The summed E-state index contributed by atoms with van der Waals surface area (Å²) in [6.45, 7) is 7.55. The monoisotopic (exact) mass is 216 g/mol. The molecule has 1 heterocycles. The van der Waals surface area contributed by atoms with Gasteiger partial charge in [0.1, 0.15) is 11.5 Å². The lowest BCUT2D eigenvalue weighted by atomic mass is 10.2. The summed E-state index contributed by atoms with van der Waals surface area (Å²) in [5.74, 6) is 1.37. The van der Waals surface area contributed by atoms with Crippen molar-refractivity contribution in [2.24, 2.45) is 0 Å². The van der Waals surface area contributed by atoms with Gasteiger partial charge < -0.3 is 10.5 Å². The fourth-order valence-electron chi connectivity index (χ4n) is 1.08. The van der Waals surface area contributed by atoms with Gasteiger partial charge in [0.15, 0.2) is 0 Å². The predicted molar refractivity (Wildman–Crippen MR) is 67.0 cm³/mol. The molecule has 0 radical (unpaired) electrons. The van der Waals surface area contributed by atoms with E-state index >= 15 is 0 Å². The molecule has 84 valence electrons. The normalized spacial score (nSPS) is 12.4. The number of hydrogen-bond acceptors (Lipinski definition) is 3. The van der Waals surface area contributed by atoms with E-state index in [1.54, 1.807) is 24.5 Å². The van der Waals surface area contributed by atoms with Crippen LogP contribution in [0, 0.1) is 0 Å². The van der Waals surface area contributed by atoms with Gasteiger partial charge in [0.2, 0.25) is 0 Å². The Balaban J connectivity index is 2.83. The Bertz CT molecular complexity index is 433. The highest BCUT2D eigenvalue weighted by molar-refractivity contribution is 5.41. The van der Waals surface area contributed by atoms with E-state index in [-0.39, 0.29) is 0 Å². The number of aromatic nitrogens is 1. The Kier molecular flexibility index (Phi) is 4.33. The van der Waals surface area contributed by atoms with Crippen LogP contribution >= 0.6 is 0 Å². The SMILES string of the molecule is C=C/C(C)=C\C(=C/C)Oc1cncc(N)c1. The largest absolute Gasteiger partial charge is 0.456 e. The lowest BCUT2D eigenvalue weighted by Crippen LogP contribution is -1.95. The van der Waals surface area contributed by atoms with Gasteiger partial charge in [-0.2, -0.15) is 0 Å². The number of allylic oxidation sites excluding steroid dienone is 4. The van der Waals surface area contributed by atoms with Crippen molar-refractivity contribution in [1.29, 1.82) is 0 Å². The molecule has 16 heavy (non-hydrogen) atoms. The van der Waals surface area contributed by atoms with Gasteiger partial charge in [0, 0.05) is 6.07 Å². The molecule has 0 fully saturated rings. The summed E-state index contributed by atoms with van der Waals surface area (Å²) in [4.78, 5) is 3.95. The molecule has 0 aliphatic heterocycles. The zero-order valence-electron chi connectivity index (χ0n) is 9.60. The van der Waals surface area contributed by atoms with Crippen LogP contribution in [-0.2, 0) is 0 Å². The van der Waals surface area contributed by atoms with Crippen molar-refractivity contribution in [2.75, 3.05) is 5.73 Å². The average molecular weight is 216 g/mol. The first kappa shape index (κ1) is 12.0. The van der Waals surface area contributed by atoms with Gasteiger partial charge in [-0.1, -0.05) is 12.7 Å². The molecule has 3 nitrogen and oxygen atoms in total. The van der Waals surface area contributed by atoms with Crippen molar-refractivity contribution < 1.29 is 4.74 Å². The number of rotatable bonds is 4. The van der Waals surface area contributed by atoms with Crippen molar-refractivity contribution in [3.8, 4) is 5.75 Å². The van der Waals surface area contributed by atoms with Gasteiger partial charge in [-0.05, 0) is 31.6 Å². The summed E-state index contributed by atoms with van der Waals surface area (Å²) in [7, 11) is 0. The summed E-state index contributed by atoms with van der Waals surface area (Å²) >= 11 is 0. The maximum absolute atomic E-state index is 5.61. The van der Waals surface area contributed by atoms with Crippen LogP contribution in [-0.4, -0.2) is 4.98 Å². The van der Waals surface area contributed by atoms with Crippen molar-refractivity contribution in [1.82, 2.24) is 4.98 Å². The molecular formula is C13H16N2O. The zero-order chi connectivity index (χ0) is 12.0. The molecule has 0 aliphatic carbocycles. The Morgan fingerprint density at radius 3 is 2.81 bits per heavy atom. The minimum Gasteiger partial charge on any atom is -0.456 e. The lowest BCUT2D eigenvalue weighted by Gasteiger charge is -2.06. The number of hydrogen-bond donors (Lipinski definition) is 1. The molecule has 3 heteroatoms. The van der Waals surface area contributed by atoms with E-state index < -0.39 is 0 Å². The predicted octanol–water partition coefficient (Wildman–Crippen LogP) is 3.08. The van der Waals surface area contributed by atoms with Crippen molar-refractivity contribution in [2.45, 2.75) is 13.8 Å². The van der Waals surface area contributed by atoms with Gasteiger partial charge in [0.25, 0.3) is 0 Å². The fraction of sp³-hybridized carbons (Fsp3) is 0.154. The highest BCUT2D eigenvalue weighted by Gasteiger charge is 1.98. The Morgan fingerprint density at radius 2 is 2.25 bits per heavy atom. The molecule has 0 saturated heterocycles. The summed E-state index contributed by atoms with van der Waals surface area (Å²) in [6.07, 6.45) is 8.74. The van der Waals surface area contributed by atoms with Crippen LogP contribution in [0.25, 0.3) is 0 Å². The molecule has 0 aliphatic rings. The first-order chi connectivity index (χ1) is 7.65. The Labute approximate surface area is 96.0 Å². The van der Waals surface area contributed by atoms with E-state index in [4.69, 9.17) is 10.5 Å². The maximum Gasteiger partial charge on any atom is 0.147 e. The van der Waals surface area contributed by atoms with E-state index in [2.05, 4.69) is 11.6 Å². The van der Waals surface area contributed by atoms with Gasteiger partial charge in [-0.25, -0.2) is 0 Å². The third kappa shape index (κ3) is 3.61. The number of nitrogens with zero attached hydrogens (tertiary/aromatic N) is 1.